The summed E-state index contributed by atoms with van der Waals surface area (Å²) in [5.41, 5.74) is 1.43. The molecule has 3 heterocycles. The van der Waals surface area contributed by atoms with E-state index in [9.17, 15) is 9.50 Å². The van der Waals surface area contributed by atoms with Crippen LogP contribution in [0.2, 0.25) is 0 Å². The minimum atomic E-state index is -0.850. The van der Waals surface area contributed by atoms with E-state index < -0.39 is 6.08 Å². The van der Waals surface area contributed by atoms with Crippen LogP contribution in [0.1, 0.15) is 31.1 Å². The first kappa shape index (κ1) is 17.5. The van der Waals surface area contributed by atoms with Crippen LogP contribution in [0.25, 0.3) is 11.2 Å². The van der Waals surface area contributed by atoms with Crippen LogP contribution in [-0.4, -0.2) is 38.3 Å². The molecule has 1 aromatic carbocycles. The number of fused-ring (bicyclic) bond motifs is 1. The molecule has 9 heteroatoms. The molecule has 2 aromatic heterocycles. The van der Waals surface area contributed by atoms with E-state index in [-0.39, 0.29) is 24.3 Å². The molecular weight excluding hydrogens is 353 g/mol. The number of nitrogens with one attached hydrogen (secondary N) is 1. The van der Waals surface area contributed by atoms with Crippen molar-refractivity contribution in [1.82, 2.24) is 19.5 Å². The standard InChI is InChI=1S/C18H20FN5O3/c1-26-12-6-4-5-11(15(12)25)9-20-16-14-17(23-18(19)22-16)24(10-21-14)13-7-2-3-8-27-13/h4-6,10,13,25H,2-3,7-9H2,1H3,(H,20,22,23). The fourth-order valence-corrected chi connectivity index (χ4v) is 3.22. The van der Waals surface area contributed by atoms with Crippen molar-refractivity contribution in [1.29, 1.82) is 0 Å². The van der Waals surface area contributed by atoms with Gasteiger partial charge < -0.3 is 19.9 Å². The Morgan fingerprint density at radius 1 is 1.37 bits per heavy atom. The Balaban J connectivity index is 1.63. The van der Waals surface area contributed by atoms with Crippen LogP contribution in [-0.2, 0) is 11.3 Å². The molecular formula is C18H20FN5O3. The predicted octanol–water partition coefficient (Wildman–Crippen LogP) is 2.99. The molecule has 4 rings (SSSR count). The largest absolute Gasteiger partial charge is 0.504 e. The summed E-state index contributed by atoms with van der Waals surface area (Å²) in [4.78, 5) is 12.1. The molecule has 1 aliphatic rings. The van der Waals surface area contributed by atoms with Gasteiger partial charge in [0.1, 0.15) is 6.23 Å². The van der Waals surface area contributed by atoms with Crippen molar-refractivity contribution in [2.45, 2.75) is 32.0 Å². The Hall–Kier alpha value is -2.94. The van der Waals surface area contributed by atoms with Crippen molar-refractivity contribution in [3.05, 3.63) is 36.2 Å². The van der Waals surface area contributed by atoms with Gasteiger partial charge >= 0.3 is 6.08 Å². The summed E-state index contributed by atoms with van der Waals surface area (Å²) in [6, 6.07) is 5.17. The predicted molar refractivity (Wildman–Crippen MR) is 96.1 cm³/mol. The van der Waals surface area contributed by atoms with E-state index >= 15 is 0 Å². The third-order valence-corrected chi connectivity index (χ3v) is 4.61. The molecule has 0 saturated carbocycles. The molecule has 142 valence electrons. The lowest BCUT2D eigenvalue weighted by Crippen LogP contribution is -2.18. The van der Waals surface area contributed by atoms with Gasteiger partial charge in [0.05, 0.1) is 13.4 Å². The molecule has 1 atom stereocenters. The van der Waals surface area contributed by atoms with Gasteiger partial charge in [0.2, 0.25) is 0 Å². The van der Waals surface area contributed by atoms with E-state index in [0.29, 0.717) is 29.1 Å². The first-order chi connectivity index (χ1) is 13.2. The van der Waals surface area contributed by atoms with E-state index in [2.05, 4.69) is 20.3 Å². The molecule has 0 bridgehead atoms. The van der Waals surface area contributed by atoms with Gasteiger partial charge in [0.15, 0.2) is 28.5 Å². The molecule has 0 aliphatic carbocycles. The number of imidazole rings is 1. The number of ether oxygens (including phenoxy) is 2. The summed E-state index contributed by atoms with van der Waals surface area (Å²) in [5, 5.41) is 13.2. The third kappa shape index (κ3) is 3.37. The van der Waals surface area contributed by atoms with Crippen molar-refractivity contribution < 1.29 is 19.0 Å². The number of para-hydroxylation sites is 1. The molecule has 1 saturated heterocycles. The van der Waals surface area contributed by atoms with Gasteiger partial charge in [0, 0.05) is 18.7 Å². The number of hydrogen-bond donors (Lipinski definition) is 2. The third-order valence-electron chi connectivity index (χ3n) is 4.61. The number of anilines is 1. The number of hydrogen-bond acceptors (Lipinski definition) is 7. The van der Waals surface area contributed by atoms with Crippen molar-refractivity contribution >= 4 is 17.0 Å². The molecule has 1 fully saturated rings. The van der Waals surface area contributed by atoms with Crippen LogP contribution < -0.4 is 10.1 Å². The molecule has 3 aromatic rings. The topological polar surface area (TPSA) is 94.3 Å². The average Bonchev–Trinajstić information content (AvgIpc) is 3.11. The number of halogens is 1. The summed E-state index contributed by atoms with van der Waals surface area (Å²) in [6.45, 7) is 0.888. The minimum absolute atomic E-state index is 0.0272. The maximum Gasteiger partial charge on any atom is 0.312 e. The molecule has 0 spiro atoms. The van der Waals surface area contributed by atoms with E-state index in [1.54, 1.807) is 29.1 Å². The lowest BCUT2D eigenvalue weighted by atomic mass is 10.2. The zero-order valence-corrected chi connectivity index (χ0v) is 14.9. The van der Waals surface area contributed by atoms with Crippen LogP contribution in [0.15, 0.2) is 24.5 Å². The zero-order valence-electron chi connectivity index (χ0n) is 14.9. The quantitative estimate of drug-likeness (QED) is 0.664. The monoisotopic (exact) mass is 373 g/mol. The Kier molecular flexibility index (Phi) is 4.76. The van der Waals surface area contributed by atoms with Gasteiger partial charge in [-0.05, 0) is 25.3 Å². The van der Waals surface area contributed by atoms with Gasteiger partial charge in [-0.3, -0.25) is 4.57 Å². The first-order valence-corrected chi connectivity index (χ1v) is 8.77. The van der Waals surface area contributed by atoms with Crippen molar-refractivity contribution in [3.8, 4) is 11.5 Å². The lowest BCUT2D eigenvalue weighted by Gasteiger charge is -2.23. The van der Waals surface area contributed by atoms with Crippen LogP contribution in [0, 0.1) is 6.08 Å². The first-order valence-electron chi connectivity index (χ1n) is 8.77. The van der Waals surface area contributed by atoms with Gasteiger partial charge in [-0.1, -0.05) is 12.1 Å². The molecule has 27 heavy (non-hydrogen) atoms. The molecule has 0 radical (unpaired) electrons. The summed E-state index contributed by atoms with van der Waals surface area (Å²) in [5.74, 6) is 0.653. The van der Waals surface area contributed by atoms with Gasteiger partial charge in [-0.25, -0.2) is 4.98 Å². The van der Waals surface area contributed by atoms with Crippen molar-refractivity contribution in [2.75, 3.05) is 19.0 Å². The van der Waals surface area contributed by atoms with Crippen LogP contribution in [0.4, 0.5) is 10.2 Å². The second-order valence-corrected chi connectivity index (χ2v) is 6.31. The Bertz CT molecular complexity index is 956. The summed E-state index contributed by atoms with van der Waals surface area (Å²) < 4.78 is 26.6. The maximum absolute atomic E-state index is 14.0. The number of benzene rings is 1. The zero-order chi connectivity index (χ0) is 18.8. The number of phenolic OH excluding ortho intramolecular Hbond substituents is 1. The normalized spacial score (nSPS) is 17.2. The van der Waals surface area contributed by atoms with E-state index in [1.807, 2.05) is 0 Å². The maximum atomic E-state index is 14.0. The van der Waals surface area contributed by atoms with Gasteiger partial charge in [-0.15, -0.1) is 0 Å². The molecule has 8 nitrogen and oxygen atoms in total. The number of rotatable bonds is 5. The number of aromatic nitrogens is 4. The SMILES string of the molecule is COc1cccc(CNc2nc(F)nc3c2ncn3C2CCCCO2)c1O. The van der Waals surface area contributed by atoms with Crippen molar-refractivity contribution in [3.63, 3.8) is 0 Å². The van der Waals surface area contributed by atoms with Crippen LogP contribution in [0.5, 0.6) is 11.5 Å². The van der Waals surface area contributed by atoms with E-state index in [1.165, 1.54) is 7.11 Å². The van der Waals surface area contributed by atoms with E-state index in [0.717, 1.165) is 19.3 Å². The molecule has 0 amide bonds. The minimum Gasteiger partial charge on any atom is -0.504 e. The average molecular weight is 373 g/mol. The number of methoxy groups -OCH3 is 1. The highest BCUT2D eigenvalue weighted by Crippen LogP contribution is 2.31. The molecule has 1 unspecified atom stereocenters. The second kappa shape index (κ2) is 7.36. The van der Waals surface area contributed by atoms with Crippen LogP contribution in [0.3, 0.4) is 0 Å². The number of phenols is 1. The van der Waals surface area contributed by atoms with E-state index in [4.69, 9.17) is 9.47 Å². The highest BCUT2D eigenvalue weighted by Gasteiger charge is 2.21. The Morgan fingerprint density at radius 2 is 2.26 bits per heavy atom. The highest BCUT2D eigenvalue weighted by molar-refractivity contribution is 5.82. The van der Waals surface area contributed by atoms with Gasteiger partial charge in [0.25, 0.3) is 0 Å². The fraction of sp³-hybridized carbons (Fsp3) is 0.389. The van der Waals surface area contributed by atoms with Crippen molar-refractivity contribution in [2.24, 2.45) is 0 Å². The molecule has 2 N–H and O–H groups in total. The summed E-state index contributed by atoms with van der Waals surface area (Å²) in [6.07, 6.45) is 3.44. The number of nitrogens with zero attached hydrogens (tertiary/aromatic N) is 4. The summed E-state index contributed by atoms with van der Waals surface area (Å²) >= 11 is 0. The van der Waals surface area contributed by atoms with Gasteiger partial charge in [-0.2, -0.15) is 14.4 Å². The second-order valence-electron chi connectivity index (χ2n) is 6.31. The highest BCUT2D eigenvalue weighted by atomic mass is 19.1. The lowest BCUT2D eigenvalue weighted by molar-refractivity contribution is -0.0298. The number of aromatic hydroxyl groups is 1. The summed E-state index contributed by atoms with van der Waals surface area (Å²) in [7, 11) is 1.48. The smallest absolute Gasteiger partial charge is 0.312 e. The Labute approximate surface area is 155 Å². The van der Waals surface area contributed by atoms with Crippen LogP contribution >= 0.6 is 0 Å². The molecule has 1 aliphatic heterocycles. The fourth-order valence-electron chi connectivity index (χ4n) is 3.22. The Morgan fingerprint density at radius 3 is 3.04 bits per heavy atom.